The summed E-state index contributed by atoms with van der Waals surface area (Å²) in [6.07, 6.45) is 0.826. The van der Waals surface area contributed by atoms with Crippen molar-refractivity contribution in [2.24, 2.45) is 0 Å². The van der Waals surface area contributed by atoms with Gasteiger partial charge in [-0.15, -0.1) is 0 Å². The molecule has 1 atom stereocenters. The smallest absolute Gasteiger partial charge is 0.244 e. The summed E-state index contributed by atoms with van der Waals surface area (Å²) in [5, 5.41) is 0.211. The highest BCUT2D eigenvalue weighted by molar-refractivity contribution is 7.89. The molecule has 5 nitrogen and oxygen atoms in total. The Kier molecular flexibility index (Phi) is 4.06. The zero-order valence-electron chi connectivity index (χ0n) is 11.0. The van der Waals surface area contributed by atoms with Crippen LogP contribution >= 0.6 is 11.6 Å². The summed E-state index contributed by atoms with van der Waals surface area (Å²) < 4.78 is 26.6. The van der Waals surface area contributed by atoms with Gasteiger partial charge in [0.2, 0.25) is 10.0 Å². The van der Waals surface area contributed by atoms with Crippen LogP contribution < -0.4 is 5.73 Å². The van der Waals surface area contributed by atoms with Crippen LogP contribution in [0.25, 0.3) is 0 Å². The first-order valence-corrected chi connectivity index (χ1v) is 7.86. The van der Waals surface area contributed by atoms with Crippen molar-refractivity contribution < 1.29 is 8.42 Å². The number of nitrogens with two attached hydrogens (primary N) is 1. The second kappa shape index (κ2) is 5.28. The van der Waals surface area contributed by atoms with E-state index in [1.807, 2.05) is 19.0 Å². The van der Waals surface area contributed by atoms with Gasteiger partial charge in [-0.05, 0) is 38.7 Å². The number of likely N-dealkylation sites (N-methyl/N-ethyl adjacent to an activating group) is 1. The number of nitrogen functional groups attached to an aromatic ring is 1. The number of sulfonamides is 1. The second-order valence-corrected chi connectivity index (χ2v) is 7.27. The summed E-state index contributed by atoms with van der Waals surface area (Å²) in [6.45, 7) is 0.997. The number of anilines is 1. The van der Waals surface area contributed by atoms with Gasteiger partial charge in [0.05, 0.1) is 5.02 Å². The molecule has 7 heteroatoms. The third-order valence-corrected chi connectivity index (χ3v) is 5.78. The maximum absolute atomic E-state index is 12.5. The molecule has 2 rings (SSSR count). The molecule has 1 aliphatic heterocycles. The average molecular weight is 304 g/mol. The Morgan fingerprint density at radius 3 is 2.68 bits per heavy atom. The lowest BCUT2D eigenvalue weighted by atomic mass is 10.2. The molecule has 1 unspecified atom stereocenters. The first-order valence-electron chi connectivity index (χ1n) is 6.04. The van der Waals surface area contributed by atoms with Crippen LogP contribution in [0.2, 0.25) is 5.02 Å². The Bertz CT molecular complexity index is 574. The van der Waals surface area contributed by atoms with Crippen LogP contribution in [0.5, 0.6) is 0 Å². The molecule has 0 radical (unpaired) electrons. The zero-order chi connectivity index (χ0) is 14.2. The summed E-state index contributed by atoms with van der Waals surface area (Å²) in [6, 6.07) is 4.77. The number of halogens is 1. The summed E-state index contributed by atoms with van der Waals surface area (Å²) in [5.74, 6) is 0. The van der Waals surface area contributed by atoms with Gasteiger partial charge >= 0.3 is 0 Å². The Morgan fingerprint density at radius 1 is 1.42 bits per heavy atom. The summed E-state index contributed by atoms with van der Waals surface area (Å²) >= 11 is 5.99. The minimum atomic E-state index is -3.56. The molecule has 1 saturated heterocycles. The van der Waals surface area contributed by atoms with E-state index in [0.29, 0.717) is 18.8 Å². The molecule has 1 fully saturated rings. The van der Waals surface area contributed by atoms with Crippen molar-refractivity contribution in [2.45, 2.75) is 17.4 Å². The molecule has 1 aliphatic rings. The van der Waals surface area contributed by atoms with Crippen molar-refractivity contribution in [3.8, 4) is 0 Å². The maximum Gasteiger partial charge on any atom is 0.244 e. The van der Waals surface area contributed by atoms with Gasteiger partial charge < -0.3 is 10.6 Å². The van der Waals surface area contributed by atoms with Crippen LogP contribution in [0.15, 0.2) is 23.1 Å². The molecule has 1 aromatic carbocycles. The van der Waals surface area contributed by atoms with Crippen LogP contribution in [0.1, 0.15) is 6.42 Å². The van der Waals surface area contributed by atoms with E-state index in [9.17, 15) is 8.42 Å². The molecule has 2 N–H and O–H groups in total. The predicted molar refractivity (Wildman–Crippen MR) is 76.7 cm³/mol. The van der Waals surface area contributed by atoms with E-state index in [1.165, 1.54) is 16.4 Å². The third-order valence-electron chi connectivity index (χ3n) is 3.43. The highest BCUT2D eigenvalue weighted by atomic mass is 35.5. The van der Waals surface area contributed by atoms with E-state index in [2.05, 4.69) is 0 Å². The molecule has 0 saturated carbocycles. The van der Waals surface area contributed by atoms with Gasteiger partial charge in [-0.25, -0.2) is 8.42 Å². The lowest BCUT2D eigenvalue weighted by Crippen LogP contribution is -2.34. The van der Waals surface area contributed by atoms with Crippen molar-refractivity contribution in [1.82, 2.24) is 9.21 Å². The van der Waals surface area contributed by atoms with Gasteiger partial charge in [-0.3, -0.25) is 0 Å². The number of hydrogen-bond donors (Lipinski definition) is 1. The number of nitrogens with zero attached hydrogens (tertiary/aromatic N) is 2. The van der Waals surface area contributed by atoms with E-state index in [4.69, 9.17) is 17.3 Å². The summed E-state index contributed by atoms with van der Waals surface area (Å²) in [7, 11) is 0.342. The fraction of sp³-hybridized carbons (Fsp3) is 0.500. The molecule has 1 aromatic rings. The molecule has 0 aromatic heterocycles. The molecule has 0 aliphatic carbocycles. The van der Waals surface area contributed by atoms with Gasteiger partial charge in [0, 0.05) is 24.8 Å². The molecule has 0 spiro atoms. The highest BCUT2D eigenvalue weighted by Crippen LogP contribution is 2.29. The second-order valence-electron chi connectivity index (χ2n) is 4.96. The van der Waals surface area contributed by atoms with Crippen molar-refractivity contribution >= 4 is 27.3 Å². The first-order chi connectivity index (χ1) is 8.82. The van der Waals surface area contributed by atoms with Gasteiger partial charge in [0.15, 0.2) is 0 Å². The highest BCUT2D eigenvalue weighted by Gasteiger charge is 2.34. The van der Waals surface area contributed by atoms with Crippen molar-refractivity contribution in [1.29, 1.82) is 0 Å². The van der Waals surface area contributed by atoms with Crippen molar-refractivity contribution in [3.05, 3.63) is 23.2 Å². The number of hydrogen-bond acceptors (Lipinski definition) is 4. The van der Waals surface area contributed by atoms with Crippen molar-refractivity contribution in [3.63, 3.8) is 0 Å². The van der Waals surface area contributed by atoms with Crippen LogP contribution in [-0.4, -0.2) is 50.8 Å². The van der Waals surface area contributed by atoms with Gasteiger partial charge in [0.25, 0.3) is 0 Å². The average Bonchev–Trinajstić information content (AvgIpc) is 2.82. The van der Waals surface area contributed by atoms with Crippen LogP contribution in [-0.2, 0) is 10.0 Å². The van der Waals surface area contributed by atoms with Crippen LogP contribution in [0.3, 0.4) is 0 Å². The SMILES string of the molecule is CN(C)C1CCN(S(=O)(=O)c2cc(N)ccc2Cl)C1. The quantitative estimate of drug-likeness (QED) is 0.853. The predicted octanol–water partition coefficient (Wildman–Crippen LogP) is 1.25. The standard InChI is InChI=1S/C12H18ClN3O2S/c1-15(2)10-5-6-16(8-10)19(17,18)12-7-9(14)3-4-11(12)13/h3-4,7,10H,5-6,8,14H2,1-2H3. The lowest BCUT2D eigenvalue weighted by molar-refractivity contribution is 0.302. The Labute approximate surface area is 119 Å². The molecule has 19 heavy (non-hydrogen) atoms. The maximum atomic E-state index is 12.5. The van der Waals surface area contributed by atoms with Crippen LogP contribution in [0.4, 0.5) is 5.69 Å². The van der Waals surface area contributed by atoms with E-state index in [-0.39, 0.29) is 16.0 Å². The molecule has 0 amide bonds. The Morgan fingerprint density at radius 2 is 2.11 bits per heavy atom. The fourth-order valence-electron chi connectivity index (χ4n) is 2.21. The summed E-state index contributed by atoms with van der Waals surface area (Å²) in [5.41, 5.74) is 6.04. The van der Waals surface area contributed by atoms with E-state index >= 15 is 0 Å². The topological polar surface area (TPSA) is 66.6 Å². The normalized spacial score (nSPS) is 21.2. The van der Waals surface area contributed by atoms with Crippen molar-refractivity contribution in [2.75, 3.05) is 32.9 Å². The molecule has 1 heterocycles. The number of benzene rings is 1. The van der Waals surface area contributed by atoms with Gasteiger partial charge in [-0.1, -0.05) is 11.6 Å². The summed E-state index contributed by atoms with van der Waals surface area (Å²) in [4.78, 5) is 2.13. The first kappa shape index (κ1) is 14.6. The van der Waals surface area contributed by atoms with E-state index in [0.717, 1.165) is 6.42 Å². The molecule has 0 bridgehead atoms. The zero-order valence-corrected chi connectivity index (χ0v) is 12.6. The van der Waals surface area contributed by atoms with E-state index in [1.54, 1.807) is 6.07 Å². The van der Waals surface area contributed by atoms with Gasteiger partial charge in [-0.2, -0.15) is 4.31 Å². The fourth-order valence-corrected chi connectivity index (χ4v) is 4.21. The molecular formula is C12H18ClN3O2S. The number of rotatable bonds is 3. The monoisotopic (exact) mass is 303 g/mol. The third kappa shape index (κ3) is 2.86. The van der Waals surface area contributed by atoms with Crippen LogP contribution in [0, 0.1) is 0 Å². The minimum absolute atomic E-state index is 0.0913. The Balaban J connectivity index is 2.31. The molecule has 106 valence electrons. The molecular weight excluding hydrogens is 286 g/mol. The Hall–Kier alpha value is -0.820. The largest absolute Gasteiger partial charge is 0.399 e. The minimum Gasteiger partial charge on any atom is -0.399 e. The van der Waals surface area contributed by atoms with E-state index < -0.39 is 10.0 Å². The van der Waals surface area contributed by atoms with Gasteiger partial charge in [0.1, 0.15) is 4.90 Å². The lowest BCUT2D eigenvalue weighted by Gasteiger charge is -2.20.